The molecule has 1 amide bonds. The van der Waals surface area contributed by atoms with Gasteiger partial charge in [-0.25, -0.2) is 4.98 Å². The summed E-state index contributed by atoms with van der Waals surface area (Å²) >= 11 is 1.59. The minimum absolute atomic E-state index is 0.0529. The van der Waals surface area contributed by atoms with Crippen molar-refractivity contribution in [2.45, 2.75) is 25.2 Å². The number of carbonyl (C=O) groups excluding carboxylic acids is 1. The summed E-state index contributed by atoms with van der Waals surface area (Å²) in [7, 11) is 0. The second-order valence-corrected chi connectivity index (χ2v) is 6.55. The van der Waals surface area contributed by atoms with Crippen LogP contribution < -0.4 is 5.32 Å². The molecule has 21 heavy (non-hydrogen) atoms. The third kappa shape index (κ3) is 3.39. The van der Waals surface area contributed by atoms with Gasteiger partial charge in [-0.3, -0.25) is 4.79 Å². The number of thiazole rings is 1. The Labute approximate surface area is 128 Å². The Kier molecular flexibility index (Phi) is 3.88. The van der Waals surface area contributed by atoms with Crippen molar-refractivity contribution < 1.29 is 4.79 Å². The lowest BCUT2D eigenvalue weighted by Gasteiger charge is -2.15. The smallest absolute Gasteiger partial charge is 0.244 e. The highest BCUT2D eigenvalue weighted by Gasteiger charge is 2.43. The zero-order valence-corrected chi connectivity index (χ0v) is 12.8. The molecule has 0 unspecified atom stereocenters. The molecule has 1 aromatic heterocycles. The number of hydrogen-bond donors (Lipinski definition) is 1. The second-order valence-electron chi connectivity index (χ2n) is 5.49. The van der Waals surface area contributed by atoms with E-state index in [0.717, 1.165) is 23.5 Å². The van der Waals surface area contributed by atoms with Crippen LogP contribution in [0.15, 0.2) is 41.8 Å². The molecule has 0 bridgehead atoms. The predicted octanol–water partition coefficient (Wildman–Crippen LogP) is 3.31. The molecule has 0 spiro atoms. The first kappa shape index (κ1) is 14.0. The molecule has 3 nitrogen and oxygen atoms in total. The summed E-state index contributed by atoms with van der Waals surface area (Å²) in [4.78, 5) is 16.2. The second kappa shape index (κ2) is 5.82. The summed E-state index contributed by atoms with van der Waals surface area (Å²) in [6.45, 7) is 2.66. The molecule has 1 aromatic carbocycles. The van der Waals surface area contributed by atoms with Crippen molar-refractivity contribution >= 4 is 23.3 Å². The van der Waals surface area contributed by atoms with Gasteiger partial charge in [0.1, 0.15) is 0 Å². The third-order valence-corrected chi connectivity index (χ3v) is 4.67. The van der Waals surface area contributed by atoms with Gasteiger partial charge in [-0.05, 0) is 31.4 Å². The van der Waals surface area contributed by atoms with E-state index in [1.54, 1.807) is 23.5 Å². The molecule has 1 fully saturated rings. The fourth-order valence-corrected chi connectivity index (χ4v) is 3.02. The van der Waals surface area contributed by atoms with Crippen molar-refractivity contribution in [2.24, 2.45) is 0 Å². The van der Waals surface area contributed by atoms with Gasteiger partial charge in [-0.15, -0.1) is 11.3 Å². The van der Waals surface area contributed by atoms with Gasteiger partial charge in [-0.2, -0.15) is 0 Å². The van der Waals surface area contributed by atoms with E-state index in [1.165, 1.54) is 5.56 Å². The first-order chi connectivity index (χ1) is 10.2. The van der Waals surface area contributed by atoms with E-state index in [2.05, 4.69) is 34.6 Å². The van der Waals surface area contributed by atoms with Crippen molar-refractivity contribution in [3.63, 3.8) is 0 Å². The number of aryl methyl sites for hydroxylation is 1. The Morgan fingerprint density at radius 3 is 2.76 bits per heavy atom. The Hall–Kier alpha value is -1.94. The van der Waals surface area contributed by atoms with Crippen LogP contribution in [0.25, 0.3) is 6.08 Å². The van der Waals surface area contributed by atoms with Crippen molar-refractivity contribution in [2.75, 3.05) is 6.54 Å². The molecule has 3 rings (SSSR count). The van der Waals surface area contributed by atoms with Gasteiger partial charge in [-0.1, -0.05) is 30.3 Å². The summed E-state index contributed by atoms with van der Waals surface area (Å²) in [6, 6.07) is 10.4. The number of rotatable bonds is 5. The van der Waals surface area contributed by atoms with Crippen LogP contribution in [-0.4, -0.2) is 17.4 Å². The van der Waals surface area contributed by atoms with Crippen molar-refractivity contribution in [3.05, 3.63) is 58.1 Å². The Balaban J connectivity index is 1.56. The van der Waals surface area contributed by atoms with E-state index in [9.17, 15) is 4.79 Å². The zero-order valence-electron chi connectivity index (χ0n) is 12.0. The standard InChI is InChI=1S/C17H18N2OS/c1-13-19-15(11-21-13)7-8-16(20)18-12-17(9-10-17)14-5-3-2-4-6-14/h2-8,11H,9-10,12H2,1H3,(H,18,20)/b8-7+. The highest BCUT2D eigenvalue weighted by molar-refractivity contribution is 7.09. The quantitative estimate of drug-likeness (QED) is 0.860. The number of carbonyl (C=O) groups is 1. The van der Waals surface area contributed by atoms with E-state index in [4.69, 9.17) is 0 Å². The maximum absolute atomic E-state index is 11.9. The SMILES string of the molecule is Cc1nc(/C=C/C(=O)NCC2(c3ccccc3)CC2)cs1. The van der Waals surface area contributed by atoms with Crippen LogP contribution in [0.4, 0.5) is 0 Å². The number of hydrogen-bond acceptors (Lipinski definition) is 3. The average Bonchev–Trinajstić information content (AvgIpc) is 3.20. The number of nitrogens with one attached hydrogen (secondary N) is 1. The van der Waals surface area contributed by atoms with Gasteiger partial charge in [0.15, 0.2) is 0 Å². The first-order valence-corrected chi connectivity index (χ1v) is 8.00. The van der Waals surface area contributed by atoms with Gasteiger partial charge in [0.05, 0.1) is 10.7 Å². The normalized spacial score (nSPS) is 16.0. The third-order valence-electron chi connectivity index (χ3n) is 3.88. The molecule has 2 aromatic rings. The van der Waals surface area contributed by atoms with Crippen molar-refractivity contribution in [1.82, 2.24) is 10.3 Å². The summed E-state index contributed by atoms with van der Waals surface area (Å²) in [6.07, 6.45) is 5.62. The fourth-order valence-electron chi connectivity index (χ4n) is 2.44. The van der Waals surface area contributed by atoms with Crippen molar-refractivity contribution in [1.29, 1.82) is 0 Å². The molecule has 0 atom stereocenters. The Morgan fingerprint density at radius 2 is 2.14 bits per heavy atom. The molecule has 0 radical (unpaired) electrons. The molecule has 1 aliphatic rings. The molecule has 108 valence electrons. The van der Waals surface area contributed by atoms with E-state index in [0.29, 0.717) is 6.54 Å². The lowest BCUT2D eigenvalue weighted by Crippen LogP contribution is -2.30. The highest BCUT2D eigenvalue weighted by Crippen LogP contribution is 2.47. The summed E-state index contributed by atoms with van der Waals surface area (Å²) in [5.41, 5.74) is 2.32. The largest absolute Gasteiger partial charge is 0.352 e. The Bertz CT molecular complexity index is 656. The Morgan fingerprint density at radius 1 is 1.38 bits per heavy atom. The minimum atomic E-state index is -0.0529. The van der Waals surface area contributed by atoms with Crippen LogP contribution in [0.3, 0.4) is 0 Å². The van der Waals surface area contributed by atoms with Crippen LogP contribution in [0.5, 0.6) is 0 Å². The van der Waals surface area contributed by atoms with E-state index < -0.39 is 0 Å². The number of benzene rings is 1. The highest BCUT2D eigenvalue weighted by atomic mass is 32.1. The molecule has 0 aliphatic heterocycles. The van der Waals surface area contributed by atoms with E-state index in [-0.39, 0.29) is 11.3 Å². The van der Waals surface area contributed by atoms with Crippen LogP contribution in [0.2, 0.25) is 0 Å². The number of nitrogens with zero attached hydrogens (tertiary/aromatic N) is 1. The molecule has 1 saturated carbocycles. The fraction of sp³-hybridized carbons (Fsp3) is 0.294. The summed E-state index contributed by atoms with van der Waals surface area (Å²) in [5.74, 6) is -0.0529. The van der Waals surface area contributed by atoms with Gasteiger partial charge >= 0.3 is 0 Å². The van der Waals surface area contributed by atoms with E-state index >= 15 is 0 Å². The first-order valence-electron chi connectivity index (χ1n) is 7.12. The molecule has 4 heteroatoms. The molecule has 0 saturated heterocycles. The lowest BCUT2D eigenvalue weighted by atomic mass is 9.96. The zero-order chi connectivity index (χ0) is 14.7. The van der Waals surface area contributed by atoms with Crippen LogP contribution in [0, 0.1) is 6.92 Å². The van der Waals surface area contributed by atoms with Crippen LogP contribution in [-0.2, 0) is 10.2 Å². The molecular weight excluding hydrogens is 280 g/mol. The monoisotopic (exact) mass is 298 g/mol. The minimum Gasteiger partial charge on any atom is -0.352 e. The van der Waals surface area contributed by atoms with Crippen LogP contribution in [0.1, 0.15) is 29.1 Å². The van der Waals surface area contributed by atoms with Gasteiger partial charge in [0, 0.05) is 23.4 Å². The molecule has 1 heterocycles. The topological polar surface area (TPSA) is 42.0 Å². The average molecular weight is 298 g/mol. The number of amides is 1. The molecule has 1 N–H and O–H groups in total. The number of aromatic nitrogens is 1. The maximum Gasteiger partial charge on any atom is 0.244 e. The van der Waals surface area contributed by atoms with E-state index in [1.807, 2.05) is 18.4 Å². The summed E-state index contributed by atoms with van der Waals surface area (Å²) < 4.78 is 0. The lowest BCUT2D eigenvalue weighted by molar-refractivity contribution is -0.116. The predicted molar refractivity (Wildman–Crippen MR) is 86.2 cm³/mol. The molecule has 1 aliphatic carbocycles. The molecular formula is C17H18N2OS. The van der Waals surface area contributed by atoms with Crippen LogP contribution >= 0.6 is 11.3 Å². The van der Waals surface area contributed by atoms with Crippen molar-refractivity contribution in [3.8, 4) is 0 Å². The van der Waals surface area contributed by atoms with Gasteiger partial charge in [0.25, 0.3) is 0 Å². The van der Waals surface area contributed by atoms with Gasteiger partial charge in [0.2, 0.25) is 5.91 Å². The summed E-state index contributed by atoms with van der Waals surface area (Å²) in [5, 5.41) is 5.97. The maximum atomic E-state index is 11.9. The van der Waals surface area contributed by atoms with Gasteiger partial charge < -0.3 is 5.32 Å².